The van der Waals surface area contributed by atoms with Gasteiger partial charge in [-0.3, -0.25) is 4.99 Å². The van der Waals surface area contributed by atoms with Gasteiger partial charge in [0.1, 0.15) is 0 Å². The second-order valence-electron chi connectivity index (χ2n) is 5.85. The molecule has 3 rings (SSSR count). The van der Waals surface area contributed by atoms with Crippen molar-refractivity contribution >= 4 is 18.3 Å². The number of rotatable bonds is 2. The summed E-state index contributed by atoms with van der Waals surface area (Å²) in [7, 11) is 0. The van der Waals surface area contributed by atoms with Crippen LogP contribution < -0.4 is 5.32 Å². The molecule has 0 saturated carbocycles. The van der Waals surface area contributed by atoms with Gasteiger partial charge in [0.2, 0.25) is 0 Å². The molecule has 0 radical (unpaired) electrons. The smallest absolute Gasteiger partial charge is 0.328 e. The van der Waals surface area contributed by atoms with Crippen LogP contribution in [0.5, 0.6) is 0 Å². The van der Waals surface area contributed by atoms with E-state index < -0.39 is 11.9 Å². The number of nitrogens with one attached hydrogen (secondary N) is 1. The van der Waals surface area contributed by atoms with E-state index in [1.165, 1.54) is 29.5 Å². The summed E-state index contributed by atoms with van der Waals surface area (Å²) in [4.78, 5) is 23.4. The van der Waals surface area contributed by atoms with E-state index in [1.54, 1.807) is 0 Å². The molecular formula is C17H20N2O4. The number of aryl methyl sites for hydroxylation is 2. The molecule has 0 amide bonds. The van der Waals surface area contributed by atoms with E-state index in [-0.39, 0.29) is 5.54 Å². The molecule has 1 heterocycles. The fraction of sp³-hybridized carbons (Fsp3) is 0.353. The highest BCUT2D eigenvalue weighted by Gasteiger charge is 2.35. The minimum absolute atomic E-state index is 0.237. The van der Waals surface area contributed by atoms with Crippen molar-refractivity contribution in [2.75, 3.05) is 6.54 Å². The average molecular weight is 316 g/mol. The molecule has 0 fully saturated rings. The first-order chi connectivity index (χ1) is 10.9. The van der Waals surface area contributed by atoms with Crippen LogP contribution in [0.4, 0.5) is 0 Å². The number of hydrogen-bond acceptors (Lipinski definition) is 4. The average Bonchev–Trinajstić information content (AvgIpc) is 2.93. The van der Waals surface area contributed by atoms with Crippen molar-refractivity contribution in [3.05, 3.63) is 47.0 Å². The number of carboxylic acid groups (broad SMARTS) is 2. The normalized spacial score (nSPS) is 21.4. The Morgan fingerprint density at radius 1 is 1.22 bits per heavy atom. The standard InChI is InChI=1S/C13H16N2.C4H4O4/c1-10-2-3-11-4-5-13(7-12(11)6-10)8-14-9-15-13;5-3(6)1-2-4(7)8/h2-3,6,9H,4-5,7-8H2,1H3,(H,14,15);1-2H,(H,5,6)(H,7,8)/b;2-1+/t13-;/m1./s1. The molecule has 3 N–H and O–H groups in total. The summed E-state index contributed by atoms with van der Waals surface area (Å²) in [5, 5.41) is 19.1. The Morgan fingerprint density at radius 2 is 1.91 bits per heavy atom. The lowest BCUT2D eigenvalue weighted by atomic mass is 9.78. The highest BCUT2D eigenvalue weighted by molar-refractivity contribution is 5.89. The Labute approximate surface area is 134 Å². The predicted molar refractivity (Wildman–Crippen MR) is 86.8 cm³/mol. The van der Waals surface area contributed by atoms with Crippen molar-refractivity contribution in [2.24, 2.45) is 4.99 Å². The summed E-state index contributed by atoms with van der Waals surface area (Å²) in [5.74, 6) is -2.51. The van der Waals surface area contributed by atoms with Gasteiger partial charge < -0.3 is 15.5 Å². The zero-order chi connectivity index (χ0) is 16.9. The molecule has 1 atom stereocenters. The lowest BCUT2D eigenvalue weighted by Crippen LogP contribution is -2.47. The summed E-state index contributed by atoms with van der Waals surface area (Å²) in [6, 6.07) is 6.83. The second kappa shape index (κ2) is 7.09. The Balaban J connectivity index is 0.000000207. The maximum Gasteiger partial charge on any atom is 0.328 e. The summed E-state index contributed by atoms with van der Waals surface area (Å²) in [6.07, 6.45) is 6.52. The van der Waals surface area contributed by atoms with Crippen LogP contribution in [0.15, 0.2) is 35.3 Å². The first-order valence-electron chi connectivity index (χ1n) is 7.39. The molecule has 1 aliphatic carbocycles. The molecule has 122 valence electrons. The largest absolute Gasteiger partial charge is 0.478 e. The summed E-state index contributed by atoms with van der Waals surface area (Å²) >= 11 is 0. The fourth-order valence-electron chi connectivity index (χ4n) is 2.84. The molecule has 1 aromatic carbocycles. The van der Waals surface area contributed by atoms with Crippen LogP contribution in [0.25, 0.3) is 0 Å². The van der Waals surface area contributed by atoms with Crippen LogP contribution in [0.3, 0.4) is 0 Å². The number of aliphatic imine (C=N–C) groups is 1. The van der Waals surface area contributed by atoms with Gasteiger partial charge in [0.05, 0.1) is 18.4 Å². The van der Waals surface area contributed by atoms with E-state index in [2.05, 4.69) is 35.4 Å². The molecule has 1 spiro atoms. The van der Waals surface area contributed by atoms with Crippen molar-refractivity contribution in [1.29, 1.82) is 0 Å². The highest BCUT2D eigenvalue weighted by atomic mass is 16.4. The van der Waals surface area contributed by atoms with Crippen LogP contribution >= 0.6 is 0 Å². The van der Waals surface area contributed by atoms with Crippen molar-refractivity contribution in [3.63, 3.8) is 0 Å². The van der Waals surface area contributed by atoms with Gasteiger partial charge in [-0.15, -0.1) is 0 Å². The van der Waals surface area contributed by atoms with Crippen molar-refractivity contribution in [1.82, 2.24) is 5.32 Å². The minimum atomic E-state index is -1.26. The van der Waals surface area contributed by atoms with Crippen LogP contribution in [0.1, 0.15) is 23.1 Å². The van der Waals surface area contributed by atoms with Gasteiger partial charge in [0.25, 0.3) is 0 Å². The molecule has 0 bridgehead atoms. The number of benzene rings is 1. The number of fused-ring (bicyclic) bond motifs is 1. The van der Waals surface area contributed by atoms with E-state index in [9.17, 15) is 9.59 Å². The molecule has 2 aliphatic rings. The Hall–Kier alpha value is -2.63. The Kier molecular flexibility index (Phi) is 5.16. The number of aliphatic carboxylic acids is 2. The maximum absolute atomic E-state index is 9.55. The van der Waals surface area contributed by atoms with E-state index >= 15 is 0 Å². The second-order valence-corrected chi connectivity index (χ2v) is 5.85. The third-order valence-corrected chi connectivity index (χ3v) is 3.99. The Bertz CT molecular complexity index is 641. The third-order valence-electron chi connectivity index (χ3n) is 3.99. The fourth-order valence-corrected chi connectivity index (χ4v) is 2.84. The van der Waals surface area contributed by atoms with Crippen molar-refractivity contribution in [3.8, 4) is 0 Å². The lowest BCUT2D eigenvalue weighted by molar-refractivity contribution is -0.134. The SMILES string of the molecule is Cc1ccc2c(c1)C[C@]1(CC2)CN=CN1.O=C(O)/C=C/C(=O)O. The molecule has 0 saturated heterocycles. The van der Waals surface area contributed by atoms with Gasteiger partial charge in [0, 0.05) is 12.2 Å². The summed E-state index contributed by atoms with van der Waals surface area (Å²) in [5.41, 5.74) is 4.64. The summed E-state index contributed by atoms with van der Waals surface area (Å²) < 4.78 is 0. The number of carboxylic acids is 2. The zero-order valence-electron chi connectivity index (χ0n) is 13.0. The quantitative estimate of drug-likeness (QED) is 0.719. The first kappa shape index (κ1) is 16.7. The molecule has 23 heavy (non-hydrogen) atoms. The van der Waals surface area contributed by atoms with E-state index in [0.29, 0.717) is 12.2 Å². The predicted octanol–water partition coefficient (Wildman–Crippen LogP) is 1.57. The molecule has 6 heteroatoms. The van der Waals surface area contributed by atoms with Crippen molar-refractivity contribution < 1.29 is 19.8 Å². The first-order valence-corrected chi connectivity index (χ1v) is 7.39. The molecular weight excluding hydrogens is 296 g/mol. The monoisotopic (exact) mass is 316 g/mol. The van der Waals surface area contributed by atoms with Gasteiger partial charge in [-0.1, -0.05) is 23.8 Å². The van der Waals surface area contributed by atoms with Gasteiger partial charge in [-0.2, -0.15) is 0 Å². The van der Waals surface area contributed by atoms with Crippen molar-refractivity contribution in [2.45, 2.75) is 31.7 Å². The zero-order valence-corrected chi connectivity index (χ0v) is 13.0. The van der Waals surface area contributed by atoms with Gasteiger partial charge in [-0.05, 0) is 37.3 Å². The van der Waals surface area contributed by atoms with E-state index in [4.69, 9.17) is 10.2 Å². The van der Waals surface area contributed by atoms with Gasteiger partial charge >= 0.3 is 11.9 Å². The number of hydrogen-bond donors (Lipinski definition) is 3. The molecule has 6 nitrogen and oxygen atoms in total. The van der Waals surface area contributed by atoms with E-state index in [1.807, 2.05) is 6.34 Å². The van der Waals surface area contributed by atoms with Crippen LogP contribution in [-0.2, 0) is 22.4 Å². The summed E-state index contributed by atoms with van der Waals surface area (Å²) in [6.45, 7) is 3.11. The molecule has 1 aliphatic heterocycles. The van der Waals surface area contributed by atoms with Crippen LogP contribution in [0.2, 0.25) is 0 Å². The van der Waals surface area contributed by atoms with E-state index in [0.717, 1.165) is 13.0 Å². The molecule has 0 unspecified atom stereocenters. The molecule has 0 aromatic heterocycles. The Morgan fingerprint density at radius 3 is 2.48 bits per heavy atom. The van der Waals surface area contributed by atoms with Gasteiger partial charge in [-0.25, -0.2) is 9.59 Å². The third kappa shape index (κ3) is 4.67. The lowest BCUT2D eigenvalue weighted by Gasteiger charge is -2.34. The minimum Gasteiger partial charge on any atom is -0.478 e. The van der Waals surface area contributed by atoms with Gasteiger partial charge in [0.15, 0.2) is 0 Å². The number of carbonyl (C=O) groups is 2. The molecule has 1 aromatic rings. The maximum atomic E-state index is 9.55. The van der Waals surface area contributed by atoms with Crippen LogP contribution in [-0.4, -0.2) is 40.6 Å². The number of nitrogens with zero attached hydrogens (tertiary/aromatic N) is 1. The topological polar surface area (TPSA) is 99.0 Å². The highest BCUT2D eigenvalue weighted by Crippen LogP contribution is 2.30. The van der Waals surface area contributed by atoms with Crippen LogP contribution in [0, 0.1) is 6.92 Å².